The van der Waals surface area contributed by atoms with Gasteiger partial charge in [0.15, 0.2) is 0 Å². The fourth-order valence-corrected chi connectivity index (χ4v) is 7.31. The monoisotopic (exact) mass is 629 g/mol. The van der Waals surface area contributed by atoms with Gasteiger partial charge in [-0.15, -0.1) is 11.8 Å². The summed E-state index contributed by atoms with van der Waals surface area (Å²) in [6, 6.07) is 18.0. The highest BCUT2D eigenvalue weighted by Crippen LogP contribution is 2.37. The zero-order valence-electron chi connectivity index (χ0n) is 24.3. The van der Waals surface area contributed by atoms with Crippen LogP contribution in [0.5, 0.6) is 5.75 Å². The van der Waals surface area contributed by atoms with Crippen LogP contribution in [0.4, 0.5) is 8.78 Å². The summed E-state index contributed by atoms with van der Waals surface area (Å²) >= 11 is 8.21. The fourth-order valence-electron chi connectivity index (χ4n) is 6.47. The molecule has 0 saturated carbocycles. The quantitative estimate of drug-likeness (QED) is 0.279. The summed E-state index contributed by atoms with van der Waals surface area (Å²) in [5.41, 5.74) is 3.51. The van der Waals surface area contributed by atoms with Crippen LogP contribution < -0.4 is 4.74 Å². The van der Waals surface area contributed by atoms with E-state index in [4.69, 9.17) is 25.8 Å². The van der Waals surface area contributed by atoms with Crippen LogP contribution in [0.2, 0.25) is 5.02 Å². The van der Waals surface area contributed by atoms with Crippen molar-refractivity contribution in [2.45, 2.75) is 74.4 Å². The summed E-state index contributed by atoms with van der Waals surface area (Å²) in [4.78, 5) is 2.39. The molecular formula is C34H38ClF2NO4S. The zero-order valence-corrected chi connectivity index (χ0v) is 25.8. The van der Waals surface area contributed by atoms with E-state index in [0.29, 0.717) is 42.9 Å². The minimum atomic E-state index is -0.441. The normalized spacial score (nSPS) is 28.2. The van der Waals surface area contributed by atoms with Crippen LogP contribution in [0.3, 0.4) is 0 Å². The van der Waals surface area contributed by atoms with E-state index in [2.05, 4.69) is 23.1 Å². The number of hydrogen-bond acceptors (Lipinski definition) is 6. The van der Waals surface area contributed by atoms with Crippen LogP contribution >= 0.6 is 23.4 Å². The molecule has 3 aliphatic rings. The van der Waals surface area contributed by atoms with Gasteiger partial charge in [-0.1, -0.05) is 35.9 Å². The van der Waals surface area contributed by atoms with E-state index in [1.54, 1.807) is 11.8 Å². The van der Waals surface area contributed by atoms with Gasteiger partial charge >= 0.3 is 0 Å². The average Bonchev–Trinajstić information content (AvgIpc) is 3.48. The third-order valence-electron chi connectivity index (χ3n) is 8.84. The molecule has 9 heteroatoms. The molecule has 3 aromatic rings. The summed E-state index contributed by atoms with van der Waals surface area (Å²) < 4.78 is 46.3. The lowest BCUT2D eigenvalue weighted by Crippen LogP contribution is -2.41. The molecule has 5 unspecified atom stereocenters. The predicted octanol–water partition coefficient (Wildman–Crippen LogP) is 7.48. The third-order valence-corrected chi connectivity index (χ3v) is 10.0. The second-order valence-corrected chi connectivity index (χ2v) is 13.2. The lowest BCUT2D eigenvalue weighted by molar-refractivity contribution is -0.0605. The van der Waals surface area contributed by atoms with Crippen LogP contribution in [-0.4, -0.2) is 59.6 Å². The first-order valence-electron chi connectivity index (χ1n) is 15.1. The average molecular weight is 630 g/mol. The maximum Gasteiger partial charge on any atom is 0.129 e. The van der Waals surface area contributed by atoms with Gasteiger partial charge < -0.3 is 19.3 Å². The highest BCUT2D eigenvalue weighted by molar-refractivity contribution is 7.99. The van der Waals surface area contributed by atoms with Gasteiger partial charge in [-0.25, -0.2) is 8.78 Å². The molecule has 3 heterocycles. The van der Waals surface area contributed by atoms with Crippen molar-refractivity contribution in [2.24, 2.45) is 0 Å². The molecular weight excluding hydrogens is 592 g/mol. The summed E-state index contributed by atoms with van der Waals surface area (Å²) in [5.74, 6) is -0.0191. The highest BCUT2D eigenvalue weighted by atomic mass is 35.5. The van der Waals surface area contributed by atoms with E-state index in [1.165, 1.54) is 12.1 Å². The van der Waals surface area contributed by atoms with Gasteiger partial charge in [0, 0.05) is 42.6 Å². The van der Waals surface area contributed by atoms with Gasteiger partial charge in [0.2, 0.25) is 0 Å². The topological polar surface area (TPSA) is 51.2 Å². The summed E-state index contributed by atoms with van der Waals surface area (Å²) in [7, 11) is 0. The molecule has 230 valence electrons. The van der Waals surface area contributed by atoms with Gasteiger partial charge in [-0.05, 0) is 85.0 Å². The molecule has 6 rings (SSSR count). The van der Waals surface area contributed by atoms with Crippen molar-refractivity contribution in [2.75, 3.05) is 26.0 Å². The standard InChI is InChI=1S/C34H38ClF2NO4S/c1-43-34-18-26(39)17-33(42-34)22-4-9-30(35)23(15-22)14-21-2-7-27(8-3-21)41-28-12-13-38(19-28)25-6-11-32(40-20-25)29-16-24(36)5-10-31(29)37/h2-5,7-10,15-16,25-26,28,32-34,39H,6,11-14,17-20H2,1H3/t25?,26?,28?,32-,33?,34?/m0/s1. The van der Waals surface area contributed by atoms with Gasteiger partial charge in [-0.2, -0.15) is 0 Å². The molecule has 0 bridgehead atoms. The zero-order chi connectivity index (χ0) is 29.9. The smallest absolute Gasteiger partial charge is 0.129 e. The number of benzene rings is 3. The Balaban J connectivity index is 1.00. The predicted molar refractivity (Wildman–Crippen MR) is 166 cm³/mol. The number of ether oxygens (including phenoxy) is 3. The van der Waals surface area contributed by atoms with Crippen molar-refractivity contribution < 1.29 is 28.1 Å². The summed E-state index contributed by atoms with van der Waals surface area (Å²) in [6.07, 6.45) is 5.58. The Bertz CT molecular complexity index is 1390. The first-order chi connectivity index (χ1) is 20.8. The number of aliphatic hydroxyl groups is 1. The number of hydrogen-bond donors (Lipinski definition) is 1. The van der Waals surface area contributed by atoms with E-state index < -0.39 is 17.7 Å². The summed E-state index contributed by atoms with van der Waals surface area (Å²) in [6.45, 7) is 2.23. The Hall–Kier alpha value is -2.20. The van der Waals surface area contributed by atoms with Gasteiger partial charge in [0.25, 0.3) is 0 Å². The molecule has 1 N–H and O–H groups in total. The SMILES string of the molecule is CSC1CC(O)CC(c2ccc(Cl)c(Cc3ccc(OC4CCN(C5CC[C@@H](c6cc(F)ccc6F)OC5)C4)cc3)c2)O1. The molecule has 0 aliphatic carbocycles. The largest absolute Gasteiger partial charge is 0.489 e. The van der Waals surface area contributed by atoms with Crippen LogP contribution in [-0.2, 0) is 15.9 Å². The Morgan fingerprint density at radius 2 is 1.84 bits per heavy atom. The maximum absolute atomic E-state index is 14.2. The maximum atomic E-state index is 14.2. The lowest BCUT2D eigenvalue weighted by atomic mass is 9.96. The Morgan fingerprint density at radius 1 is 1.00 bits per heavy atom. The molecule has 43 heavy (non-hydrogen) atoms. The van der Waals surface area contributed by atoms with Crippen molar-refractivity contribution in [3.05, 3.63) is 99.6 Å². The van der Waals surface area contributed by atoms with E-state index in [0.717, 1.165) is 54.4 Å². The Labute approximate surface area is 261 Å². The van der Waals surface area contributed by atoms with Crippen LogP contribution in [0.25, 0.3) is 0 Å². The van der Waals surface area contributed by atoms with E-state index in [9.17, 15) is 13.9 Å². The molecule has 0 spiro atoms. The number of nitrogens with zero attached hydrogens (tertiary/aromatic N) is 1. The minimum absolute atomic E-state index is 0.00608. The van der Waals surface area contributed by atoms with Crippen molar-refractivity contribution in [3.63, 3.8) is 0 Å². The lowest BCUT2D eigenvalue weighted by Gasteiger charge is -2.35. The molecule has 3 aliphatic heterocycles. The third kappa shape index (κ3) is 7.55. The fraction of sp³-hybridized carbons (Fsp3) is 0.471. The molecule has 0 amide bonds. The molecule has 3 aromatic carbocycles. The van der Waals surface area contributed by atoms with E-state index in [1.807, 2.05) is 30.5 Å². The molecule has 6 atom stereocenters. The first-order valence-corrected chi connectivity index (χ1v) is 16.7. The Kier molecular flexibility index (Phi) is 9.92. The van der Waals surface area contributed by atoms with E-state index >= 15 is 0 Å². The second kappa shape index (κ2) is 13.8. The summed E-state index contributed by atoms with van der Waals surface area (Å²) in [5, 5.41) is 11.0. The number of likely N-dealkylation sites (tertiary alicyclic amines) is 1. The first kappa shape index (κ1) is 30.8. The van der Waals surface area contributed by atoms with Gasteiger partial charge in [0.1, 0.15) is 28.9 Å². The van der Waals surface area contributed by atoms with Crippen molar-refractivity contribution in [1.29, 1.82) is 0 Å². The van der Waals surface area contributed by atoms with Crippen molar-refractivity contribution in [3.8, 4) is 5.75 Å². The van der Waals surface area contributed by atoms with Crippen LogP contribution in [0.1, 0.15) is 66.6 Å². The van der Waals surface area contributed by atoms with Crippen LogP contribution in [0, 0.1) is 11.6 Å². The van der Waals surface area contributed by atoms with Crippen molar-refractivity contribution >= 4 is 23.4 Å². The molecule has 5 nitrogen and oxygen atoms in total. The molecule has 3 fully saturated rings. The number of aliphatic hydroxyl groups excluding tert-OH is 1. The number of halogens is 3. The van der Waals surface area contributed by atoms with E-state index in [-0.39, 0.29) is 29.8 Å². The molecule has 3 saturated heterocycles. The highest BCUT2D eigenvalue weighted by Gasteiger charge is 2.34. The van der Waals surface area contributed by atoms with Gasteiger partial charge in [0.05, 0.1) is 24.9 Å². The number of rotatable bonds is 8. The minimum Gasteiger partial charge on any atom is -0.489 e. The van der Waals surface area contributed by atoms with Gasteiger partial charge in [-0.3, -0.25) is 4.90 Å². The van der Waals surface area contributed by atoms with Crippen LogP contribution in [0.15, 0.2) is 60.7 Å². The molecule has 0 aromatic heterocycles. The number of thioether (sulfide) groups is 1. The second-order valence-electron chi connectivity index (χ2n) is 11.8. The van der Waals surface area contributed by atoms with Crippen molar-refractivity contribution in [1.82, 2.24) is 4.90 Å². The molecule has 0 radical (unpaired) electrons. The Morgan fingerprint density at radius 3 is 2.60 bits per heavy atom.